The first-order valence-corrected chi connectivity index (χ1v) is 6.94. The van der Waals surface area contributed by atoms with Gasteiger partial charge in [-0.05, 0) is 24.6 Å². The van der Waals surface area contributed by atoms with E-state index in [4.69, 9.17) is 38.2 Å². The van der Waals surface area contributed by atoms with Crippen molar-refractivity contribution in [3.8, 4) is 5.75 Å². The predicted octanol–water partition coefficient (Wildman–Crippen LogP) is 2.91. The molecule has 1 unspecified atom stereocenters. The van der Waals surface area contributed by atoms with Crippen molar-refractivity contribution >= 4 is 29.3 Å². The van der Waals surface area contributed by atoms with Gasteiger partial charge in [-0.1, -0.05) is 30.1 Å². The normalized spacial score (nSPS) is 17.5. The van der Waals surface area contributed by atoms with E-state index >= 15 is 0 Å². The van der Waals surface area contributed by atoms with Crippen molar-refractivity contribution in [3.63, 3.8) is 0 Å². The standard InChI is InChI=1S/C7H13NO3.C6H4Cl2O/c1-2-3-8-4-6(5-9)11-7(8)10;7-5-2-1-4(9)3-6(5)8/h6,9H,2-5H2,1H3;1-3,9H. The zero-order chi connectivity index (χ0) is 15.1. The summed E-state index contributed by atoms with van der Waals surface area (Å²) in [6, 6.07) is 4.41. The van der Waals surface area contributed by atoms with Gasteiger partial charge in [-0.25, -0.2) is 4.79 Å². The Hall–Kier alpha value is -1.17. The maximum atomic E-state index is 10.9. The Morgan fingerprint density at radius 2 is 2.10 bits per heavy atom. The van der Waals surface area contributed by atoms with Crippen LogP contribution in [0.4, 0.5) is 4.79 Å². The van der Waals surface area contributed by atoms with Crippen LogP contribution >= 0.6 is 23.2 Å². The number of carbonyl (C=O) groups excluding carboxylic acids is 1. The Labute approximate surface area is 127 Å². The second kappa shape index (κ2) is 8.19. The van der Waals surface area contributed by atoms with Crippen LogP contribution in [0.25, 0.3) is 0 Å². The molecule has 1 aliphatic rings. The fraction of sp³-hybridized carbons (Fsp3) is 0.462. The highest BCUT2D eigenvalue weighted by molar-refractivity contribution is 6.42. The second-order valence-electron chi connectivity index (χ2n) is 4.23. The minimum atomic E-state index is -0.311. The summed E-state index contributed by atoms with van der Waals surface area (Å²) in [5, 5.41) is 18.3. The fourth-order valence-electron chi connectivity index (χ4n) is 1.61. The Bertz CT molecular complexity index is 456. The quantitative estimate of drug-likeness (QED) is 0.898. The summed E-state index contributed by atoms with van der Waals surface area (Å²) in [6.45, 7) is 3.17. The van der Waals surface area contributed by atoms with Crippen molar-refractivity contribution in [1.82, 2.24) is 4.90 Å². The van der Waals surface area contributed by atoms with E-state index in [2.05, 4.69) is 0 Å². The third-order valence-corrected chi connectivity index (χ3v) is 3.29. The Balaban J connectivity index is 0.000000204. The van der Waals surface area contributed by atoms with Crippen LogP contribution in [0.15, 0.2) is 18.2 Å². The van der Waals surface area contributed by atoms with Crippen LogP contribution in [0, 0.1) is 0 Å². The fourth-order valence-corrected chi connectivity index (χ4v) is 1.90. The van der Waals surface area contributed by atoms with Crippen molar-refractivity contribution < 1.29 is 19.7 Å². The summed E-state index contributed by atoms with van der Waals surface area (Å²) in [5.41, 5.74) is 0. The number of carbonyl (C=O) groups is 1. The summed E-state index contributed by atoms with van der Waals surface area (Å²) in [4.78, 5) is 12.5. The molecule has 2 N–H and O–H groups in total. The zero-order valence-corrected chi connectivity index (χ0v) is 12.6. The van der Waals surface area contributed by atoms with Crippen LogP contribution in [0.3, 0.4) is 0 Å². The third-order valence-electron chi connectivity index (χ3n) is 2.55. The van der Waals surface area contributed by atoms with Crippen LogP contribution in [0.1, 0.15) is 13.3 Å². The van der Waals surface area contributed by atoms with Gasteiger partial charge in [0.05, 0.1) is 23.2 Å². The van der Waals surface area contributed by atoms with E-state index in [-0.39, 0.29) is 24.6 Å². The number of aromatic hydroxyl groups is 1. The first kappa shape index (κ1) is 16.9. The lowest BCUT2D eigenvalue weighted by atomic mass is 10.3. The van der Waals surface area contributed by atoms with Gasteiger partial charge in [0.1, 0.15) is 11.9 Å². The average Bonchev–Trinajstić information content (AvgIpc) is 2.77. The number of nitrogens with zero attached hydrogens (tertiary/aromatic N) is 1. The predicted molar refractivity (Wildman–Crippen MR) is 77.3 cm³/mol. The number of aliphatic hydroxyl groups excluding tert-OH is 1. The van der Waals surface area contributed by atoms with Crippen molar-refractivity contribution in [2.75, 3.05) is 19.7 Å². The molecule has 20 heavy (non-hydrogen) atoms. The molecule has 7 heteroatoms. The molecule has 0 saturated carbocycles. The molecule has 1 aromatic carbocycles. The van der Waals surface area contributed by atoms with E-state index in [1.165, 1.54) is 12.1 Å². The van der Waals surface area contributed by atoms with Crippen LogP contribution in [-0.2, 0) is 4.74 Å². The molecule has 112 valence electrons. The molecule has 5 nitrogen and oxygen atoms in total. The lowest BCUT2D eigenvalue weighted by Crippen LogP contribution is -2.26. The highest BCUT2D eigenvalue weighted by Crippen LogP contribution is 2.25. The maximum absolute atomic E-state index is 10.9. The first-order valence-electron chi connectivity index (χ1n) is 6.18. The van der Waals surface area contributed by atoms with Crippen molar-refractivity contribution in [2.24, 2.45) is 0 Å². The van der Waals surface area contributed by atoms with E-state index in [1.54, 1.807) is 11.0 Å². The van der Waals surface area contributed by atoms with Gasteiger partial charge >= 0.3 is 6.09 Å². The number of aliphatic hydroxyl groups is 1. The van der Waals surface area contributed by atoms with Gasteiger partial charge in [0, 0.05) is 6.54 Å². The summed E-state index contributed by atoms with van der Waals surface area (Å²) >= 11 is 11.1. The number of hydrogen-bond donors (Lipinski definition) is 2. The summed E-state index contributed by atoms with van der Waals surface area (Å²) in [7, 11) is 0. The van der Waals surface area contributed by atoms with Crippen molar-refractivity contribution in [1.29, 1.82) is 0 Å². The van der Waals surface area contributed by atoms with Crippen LogP contribution < -0.4 is 0 Å². The summed E-state index contributed by atoms with van der Waals surface area (Å²) in [5.74, 6) is 0.129. The van der Waals surface area contributed by atoms with E-state index in [1.807, 2.05) is 6.92 Å². The molecule has 1 aromatic rings. The number of amides is 1. The highest BCUT2D eigenvalue weighted by Gasteiger charge is 2.29. The zero-order valence-electron chi connectivity index (χ0n) is 11.1. The minimum absolute atomic E-state index is 0.0774. The number of cyclic esters (lactones) is 1. The van der Waals surface area contributed by atoms with Crippen LogP contribution in [0.5, 0.6) is 5.75 Å². The number of halogens is 2. The molecule has 1 fully saturated rings. The number of rotatable bonds is 3. The van der Waals surface area contributed by atoms with E-state index in [0.717, 1.165) is 13.0 Å². The topological polar surface area (TPSA) is 70.0 Å². The van der Waals surface area contributed by atoms with E-state index < -0.39 is 0 Å². The molecule has 1 atom stereocenters. The lowest BCUT2D eigenvalue weighted by Gasteiger charge is -2.09. The van der Waals surface area contributed by atoms with E-state index in [0.29, 0.717) is 16.6 Å². The molecule has 0 aromatic heterocycles. The molecule has 1 aliphatic heterocycles. The molecule has 2 rings (SSSR count). The smallest absolute Gasteiger partial charge is 0.410 e. The molecule has 1 heterocycles. The Kier molecular flexibility index (Phi) is 6.91. The average molecular weight is 322 g/mol. The number of phenols is 1. The number of hydrogen-bond acceptors (Lipinski definition) is 4. The van der Waals surface area contributed by atoms with Gasteiger partial charge in [0.2, 0.25) is 0 Å². The molecular weight excluding hydrogens is 305 g/mol. The summed E-state index contributed by atoms with van der Waals surface area (Å²) < 4.78 is 4.81. The maximum Gasteiger partial charge on any atom is 0.410 e. The van der Waals surface area contributed by atoms with Gasteiger partial charge in [-0.3, -0.25) is 0 Å². The molecule has 1 saturated heterocycles. The minimum Gasteiger partial charge on any atom is -0.508 e. The molecule has 0 spiro atoms. The largest absolute Gasteiger partial charge is 0.508 e. The van der Waals surface area contributed by atoms with E-state index in [9.17, 15) is 4.79 Å². The monoisotopic (exact) mass is 321 g/mol. The Morgan fingerprint density at radius 3 is 2.55 bits per heavy atom. The van der Waals surface area contributed by atoms with Gasteiger partial charge < -0.3 is 19.8 Å². The second-order valence-corrected chi connectivity index (χ2v) is 5.05. The molecule has 0 radical (unpaired) electrons. The van der Waals surface area contributed by atoms with Gasteiger partial charge in [-0.2, -0.15) is 0 Å². The molecule has 1 amide bonds. The highest BCUT2D eigenvalue weighted by atomic mass is 35.5. The molecule has 0 aliphatic carbocycles. The molecule has 0 bridgehead atoms. The number of benzene rings is 1. The molecular formula is C13H17Cl2NO4. The Morgan fingerprint density at radius 1 is 1.40 bits per heavy atom. The van der Waals surface area contributed by atoms with Crippen LogP contribution in [0.2, 0.25) is 10.0 Å². The van der Waals surface area contributed by atoms with Crippen LogP contribution in [-0.4, -0.2) is 47.0 Å². The van der Waals surface area contributed by atoms with Crippen molar-refractivity contribution in [3.05, 3.63) is 28.2 Å². The number of phenolic OH excluding ortho intramolecular Hbond substituents is 1. The lowest BCUT2D eigenvalue weighted by molar-refractivity contribution is 0.0948. The third kappa shape index (κ3) is 5.07. The number of ether oxygens (including phenoxy) is 1. The van der Waals surface area contributed by atoms with Gasteiger partial charge in [-0.15, -0.1) is 0 Å². The van der Waals surface area contributed by atoms with Gasteiger partial charge in [0.25, 0.3) is 0 Å². The SMILES string of the molecule is CCCN1CC(CO)OC1=O.Oc1ccc(Cl)c(Cl)c1. The van der Waals surface area contributed by atoms with Gasteiger partial charge in [0.15, 0.2) is 0 Å². The first-order chi connectivity index (χ1) is 9.47. The van der Waals surface area contributed by atoms with Crippen molar-refractivity contribution in [2.45, 2.75) is 19.4 Å². The summed E-state index contributed by atoms with van der Waals surface area (Å²) in [6.07, 6.45) is 0.313.